The molecule has 0 unspecified atom stereocenters. The van der Waals surface area contributed by atoms with Crippen molar-refractivity contribution in [3.63, 3.8) is 0 Å². The Kier molecular flexibility index (Phi) is 3.00. The van der Waals surface area contributed by atoms with Crippen molar-refractivity contribution in [1.82, 2.24) is 19.6 Å². The molecule has 20 heavy (non-hydrogen) atoms. The summed E-state index contributed by atoms with van der Waals surface area (Å²) in [6, 6.07) is -1.88. The zero-order valence-electron chi connectivity index (χ0n) is 10.7. The molecule has 8 amide bonds. The van der Waals surface area contributed by atoms with Gasteiger partial charge in [0, 0.05) is 13.6 Å². The second-order valence-electron chi connectivity index (χ2n) is 4.09. The summed E-state index contributed by atoms with van der Waals surface area (Å²) in [6.45, 7) is 0.727. The number of urea groups is 2. The third-order valence-corrected chi connectivity index (χ3v) is 2.98. The van der Waals surface area contributed by atoms with E-state index in [1.165, 1.54) is 6.92 Å². The maximum atomic E-state index is 11.8. The van der Waals surface area contributed by atoms with Gasteiger partial charge in [0.1, 0.15) is 6.67 Å². The topological polar surface area (TPSA) is 115 Å². The number of likely N-dealkylation sites (N-methyl/N-ethyl adjacent to an activating group) is 2. The van der Waals surface area contributed by atoms with Crippen LogP contribution in [0.1, 0.15) is 6.92 Å². The van der Waals surface area contributed by atoms with Crippen molar-refractivity contribution in [2.24, 2.45) is 0 Å². The Morgan fingerprint density at radius 3 is 1.55 bits per heavy atom. The van der Waals surface area contributed by atoms with Gasteiger partial charge in [-0.25, -0.2) is 19.4 Å². The Bertz CT molecular complexity index is 570. The predicted molar refractivity (Wildman–Crippen MR) is 59.5 cm³/mol. The molecule has 0 aromatic heterocycles. The van der Waals surface area contributed by atoms with E-state index in [1.807, 2.05) is 0 Å². The van der Waals surface area contributed by atoms with Crippen LogP contribution >= 0.6 is 0 Å². The Morgan fingerprint density at radius 2 is 1.15 bits per heavy atom. The van der Waals surface area contributed by atoms with Gasteiger partial charge in [0.05, 0.1) is 0 Å². The smallest absolute Gasteiger partial charge is 0.263 e. The number of hydrogen-bond acceptors (Lipinski definition) is 6. The summed E-state index contributed by atoms with van der Waals surface area (Å²) in [5.74, 6) is -4.39. The maximum absolute atomic E-state index is 11.8. The van der Waals surface area contributed by atoms with Crippen LogP contribution < -0.4 is 0 Å². The molecule has 10 heteroatoms. The number of hydrogen-bond donors (Lipinski definition) is 0. The molecule has 0 atom stereocenters. The van der Waals surface area contributed by atoms with E-state index >= 15 is 0 Å². The number of nitrogens with zero attached hydrogens (tertiary/aromatic N) is 4. The van der Waals surface area contributed by atoms with Crippen LogP contribution in [0, 0.1) is 0 Å². The van der Waals surface area contributed by atoms with Crippen molar-refractivity contribution in [1.29, 1.82) is 0 Å². The molecule has 0 spiro atoms. The first-order valence-electron chi connectivity index (χ1n) is 5.62. The number of carbonyl (C=O) groups excluding carboxylic acids is 6. The lowest BCUT2D eigenvalue weighted by Gasteiger charge is -2.19. The number of rotatable bonds is 3. The van der Waals surface area contributed by atoms with E-state index in [-0.39, 0.29) is 6.54 Å². The fourth-order valence-electron chi connectivity index (χ4n) is 1.83. The fourth-order valence-corrected chi connectivity index (χ4v) is 1.83. The van der Waals surface area contributed by atoms with Crippen molar-refractivity contribution in [2.75, 3.05) is 20.3 Å². The van der Waals surface area contributed by atoms with Crippen LogP contribution in [0.2, 0.25) is 0 Å². The molecule has 2 rings (SSSR count). The third-order valence-electron chi connectivity index (χ3n) is 2.98. The van der Waals surface area contributed by atoms with Crippen LogP contribution in [0.5, 0.6) is 0 Å². The fraction of sp³-hybridized carbons (Fsp3) is 0.400. The molecule has 106 valence electrons. The molecule has 0 aromatic carbocycles. The highest BCUT2D eigenvalue weighted by Gasteiger charge is 2.49. The Morgan fingerprint density at radius 1 is 0.700 bits per heavy atom. The van der Waals surface area contributed by atoms with Gasteiger partial charge in [-0.1, -0.05) is 0 Å². The van der Waals surface area contributed by atoms with E-state index in [0.29, 0.717) is 19.6 Å². The van der Waals surface area contributed by atoms with Gasteiger partial charge < -0.3 is 0 Å². The average Bonchev–Trinajstić information content (AvgIpc) is 2.73. The largest absolute Gasteiger partial charge is 0.335 e. The summed E-state index contributed by atoms with van der Waals surface area (Å²) in [7, 11) is 1.10. The molecule has 2 saturated heterocycles. The zero-order chi connectivity index (χ0) is 15.2. The summed E-state index contributed by atoms with van der Waals surface area (Å²) in [5, 5.41) is 0. The molecule has 0 aromatic rings. The maximum Gasteiger partial charge on any atom is 0.335 e. The van der Waals surface area contributed by atoms with Crippen LogP contribution in [-0.2, 0) is 19.2 Å². The first-order chi connectivity index (χ1) is 9.31. The van der Waals surface area contributed by atoms with Crippen molar-refractivity contribution in [2.45, 2.75) is 6.92 Å². The Labute approximate surface area is 112 Å². The standard InChI is InChI=1S/C10H10N4O6/c1-3-12-7(17)8(18)14(10(12)20)4-13-6(16)5(15)11(2)9(13)19/h3-4H2,1-2H3. The molecule has 0 radical (unpaired) electrons. The highest BCUT2D eigenvalue weighted by atomic mass is 16.2. The SMILES string of the molecule is CCN1C(=O)C(=O)N(CN2C(=O)C(=O)N(C)C2=O)C1=O. The van der Waals surface area contributed by atoms with Gasteiger partial charge in [-0.05, 0) is 6.92 Å². The minimum absolute atomic E-state index is 0.0133. The zero-order valence-corrected chi connectivity index (χ0v) is 10.7. The van der Waals surface area contributed by atoms with E-state index in [2.05, 4.69) is 0 Å². The third kappa shape index (κ3) is 1.65. The lowest BCUT2D eigenvalue weighted by atomic mass is 10.5. The van der Waals surface area contributed by atoms with Crippen molar-refractivity contribution in [3.8, 4) is 0 Å². The number of carbonyl (C=O) groups is 6. The second kappa shape index (κ2) is 4.40. The molecule has 0 saturated carbocycles. The molecule has 10 nitrogen and oxygen atoms in total. The summed E-state index contributed by atoms with van der Waals surface area (Å²) in [4.78, 5) is 71.4. The highest BCUT2D eigenvalue weighted by Crippen LogP contribution is 2.16. The normalized spacial score (nSPS) is 20.1. The van der Waals surface area contributed by atoms with Gasteiger partial charge >= 0.3 is 35.7 Å². The molecule has 0 bridgehead atoms. The molecule has 2 heterocycles. The van der Waals surface area contributed by atoms with Gasteiger partial charge in [-0.2, -0.15) is 0 Å². The minimum atomic E-state index is -1.15. The van der Waals surface area contributed by atoms with Crippen LogP contribution in [0.3, 0.4) is 0 Å². The van der Waals surface area contributed by atoms with E-state index < -0.39 is 42.4 Å². The average molecular weight is 282 g/mol. The molecule has 2 aliphatic rings. The molecule has 0 N–H and O–H groups in total. The van der Waals surface area contributed by atoms with Crippen LogP contribution in [0.4, 0.5) is 9.59 Å². The van der Waals surface area contributed by atoms with Crippen molar-refractivity contribution < 1.29 is 28.8 Å². The van der Waals surface area contributed by atoms with E-state index in [0.717, 1.165) is 7.05 Å². The first-order valence-corrected chi connectivity index (χ1v) is 5.62. The van der Waals surface area contributed by atoms with Crippen molar-refractivity contribution in [3.05, 3.63) is 0 Å². The highest BCUT2D eigenvalue weighted by molar-refractivity contribution is 6.46. The monoisotopic (exact) mass is 282 g/mol. The quantitative estimate of drug-likeness (QED) is 0.444. The van der Waals surface area contributed by atoms with E-state index in [9.17, 15) is 28.8 Å². The lowest BCUT2D eigenvalue weighted by Crippen LogP contribution is -2.45. The van der Waals surface area contributed by atoms with Gasteiger partial charge in [-0.3, -0.25) is 29.0 Å². The second-order valence-corrected chi connectivity index (χ2v) is 4.09. The summed E-state index contributed by atoms with van der Waals surface area (Å²) in [5.41, 5.74) is 0. The number of imide groups is 4. The van der Waals surface area contributed by atoms with Gasteiger partial charge in [0.25, 0.3) is 0 Å². The summed E-state index contributed by atoms with van der Waals surface area (Å²) in [6.07, 6.45) is 0. The molecule has 2 fully saturated rings. The van der Waals surface area contributed by atoms with Gasteiger partial charge in [0.15, 0.2) is 0 Å². The number of amides is 8. The van der Waals surface area contributed by atoms with Gasteiger partial charge in [-0.15, -0.1) is 0 Å². The molecule has 2 aliphatic heterocycles. The van der Waals surface area contributed by atoms with Gasteiger partial charge in [0.2, 0.25) is 0 Å². The first kappa shape index (κ1) is 13.6. The van der Waals surface area contributed by atoms with E-state index in [1.54, 1.807) is 0 Å². The minimum Gasteiger partial charge on any atom is -0.263 e. The summed E-state index contributed by atoms with van der Waals surface area (Å²) >= 11 is 0. The van der Waals surface area contributed by atoms with E-state index in [4.69, 9.17) is 0 Å². The Balaban J connectivity index is 2.23. The van der Waals surface area contributed by atoms with Crippen LogP contribution in [0.25, 0.3) is 0 Å². The molecule has 0 aliphatic carbocycles. The molecular formula is C10H10N4O6. The van der Waals surface area contributed by atoms with Crippen LogP contribution in [0.15, 0.2) is 0 Å². The lowest BCUT2D eigenvalue weighted by molar-refractivity contribution is -0.146. The van der Waals surface area contributed by atoms with Crippen molar-refractivity contribution >= 4 is 35.7 Å². The van der Waals surface area contributed by atoms with Crippen LogP contribution in [-0.4, -0.2) is 75.6 Å². The summed E-state index contributed by atoms with van der Waals surface area (Å²) < 4.78 is 0. The Hall–Kier alpha value is -2.78. The molecular weight excluding hydrogens is 272 g/mol. The predicted octanol–water partition coefficient (Wildman–Crippen LogP) is -1.82.